The van der Waals surface area contributed by atoms with Crippen LogP contribution in [0, 0.1) is 5.92 Å². The third-order valence-electron chi connectivity index (χ3n) is 4.43. The average Bonchev–Trinajstić information content (AvgIpc) is 2.71. The van der Waals surface area contributed by atoms with E-state index in [0.717, 1.165) is 17.4 Å². The Kier molecular flexibility index (Phi) is 6.37. The number of para-hydroxylation sites is 1. The van der Waals surface area contributed by atoms with Gasteiger partial charge in [-0.15, -0.1) is 0 Å². The maximum absolute atomic E-state index is 12.5. The van der Waals surface area contributed by atoms with Crippen molar-refractivity contribution in [3.63, 3.8) is 0 Å². The van der Waals surface area contributed by atoms with Gasteiger partial charge in [0.2, 0.25) is 0 Å². The second-order valence-electron chi connectivity index (χ2n) is 7.12. The molecule has 5 nitrogen and oxygen atoms in total. The summed E-state index contributed by atoms with van der Waals surface area (Å²) < 4.78 is 5.25. The normalized spacial score (nSPS) is 12.0. The van der Waals surface area contributed by atoms with Crippen LogP contribution < -0.4 is 5.32 Å². The molecule has 0 bridgehead atoms. The van der Waals surface area contributed by atoms with Gasteiger partial charge in [0.1, 0.15) is 0 Å². The molecule has 0 aliphatic rings. The van der Waals surface area contributed by atoms with E-state index >= 15 is 0 Å². The van der Waals surface area contributed by atoms with Crippen molar-refractivity contribution < 1.29 is 14.3 Å². The maximum atomic E-state index is 12.5. The van der Waals surface area contributed by atoms with Gasteiger partial charge in [0.05, 0.1) is 17.1 Å². The Morgan fingerprint density at radius 3 is 2.50 bits per heavy atom. The second kappa shape index (κ2) is 9.13. The van der Waals surface area contributed by atoms with Crippen LogP contribution in [-0.4, -0.2) is 23.5 Å². The van der Waals surface area contributed by atoms with Crippen LogP contribution in [-0.2, 0) is 9.53 Å². The van der Waals surface area contributed by atoms with E-state index in [1.54, 1.807) is 18.3 Å². The molecule has 144 valence electrons. The molecule has 2 aromatic carbocycles. The number of hydrogen-bond acceptors (Lipinski definition) is 4. The lowest BCUT2D eigenvalue weighted by molar-refractivity contribution is -0.125. The Balaban J connectivity index is 1.64. The summed E-state index contributed by atoms with van der Waals surface area (Å²) in [6.45, 7) is 3.88. The highest BCUT2D eigenvalue weighted by atomic mass is 16.5. The molecule has 0 aliphatic heterocycles. The van der Waals surface area contributed by atoms with Crippen LogP contribution >= 0.6 is 0 Å². The lowest BCUT2D eigenvalue weighted by Gasteiger charge is -2.21. The van der Waals surface area contributed by atoms with Crippen molar-refractivity contribution in [2.45, 2.75) is 26.3 Å². The van der Waals surface area contributed by atoms with Gasteiger partial charge >= 0.3 is 5.97 Å². The van der Waals surface area contributed by atoms with Crippen LogP contribution in [0.1, 0.15) is 42.2 Å². The highest BCUT2D eigenvalue weighted by Gasteiger charge is 2.18. The number of fused-ring (bicyclic) bond motifs is 1. The summed E-state index contributed by atoms with van der Waals surface area (Å²) in [5, 5.41) is 3.83. The minimum Gasteiger partial charge on any atom is -0.452 e. The molecule has 0 unspecified atom stereocenters. The minimum atomic E-state index is -0.556. The zero-order valence-corrected chi connectivity index (χ0v) is 16.1. The number of rotatable bonds is 7. The Bertz CT molecular complexity index is 949. The van der Waals surface area contributed by atoms with Gasteiger partial charge in [-0.2, -0.15) is 0 Å². The number of esters is 1. The largest absolute Gasteiger partial charge is 0.452 e. The highest BCUT2D eigenvalue weighted by Crippen LogP contribution is 2.21. The quantitative estimate of drug-likeness (QED) is 0.625. The highest BCUT2D eigenvalue weighted by molar-refractivity contribution is 6.03. The Morgan fingerprint density at radius 2 is 1.75 bits per heavy atom. The number of aromatic nitrogens is 1. The molecule has 0 saturated heterocycles. The summed E-state index contributed by atoms with van der Waals surface area (Å²) in [4.78, 5) is 29.1. The first kappa shape index (κ1) is 19.5. The fourth-order valence-electron chi connectivity index (χ4n) is 3.15. The molecule has 1 amide bonds. The number of pyridine rings is 1. The van der Waals surface area contributed by atoms with E-state index < -0.39 is 5.97 Å². The Morgan fingerprint density at radius 1 is 1.00 bits per heavy atom. The monoisotopic (exact) mass is 376 g/mol. The summed E-state index contributed by atoms with van der Waals surface area (Å²) in [5.74, 6) is -0.467. The lowest BCUT2D eigenvalue weighted by atomic mass is 9.97. The van der Waals surface area contributed by atoms with Crippen molar-refractivity contribution in [1.82, 2.24) is 10.3 Å². The molecule has 3 rings (SSSR count). The predicted molar refractivity (Wildman–Crippen MR) is 109 cm³/mol. The number of carbonyl (C=O) groups excluding carboxylic acids is 2. The summed E-state index contributed by atoms with van der Waals surface area (Å²) >= 11 is 0. The van der Waals surface area contributed by atoms with E-state index in [1.807, 2.05) is 48.5 Å². The maximum Gasteiger partial charge on any atom is 0.340 e. The first-order valence-electron chi connectivity index (χ1n) is 9.39. The number of amides is 1. The van der Waals surface area contributed by atoms with Crippen LogP contribution in [0.3, 0.4) is 0 Å². The standard InChI is InChI=1S/C23H24N2O3/c1-16(2)14-20(17-8-4-3-5-9-17)25-21(26)15-28-23(27)19-12-6-10-18-11-7-13-24-22(18)19/h3-13,16,20H,14-15H2,1-2H3,(H,25,26)/t20-/m1/s1. The Hall–Kier alpha value is -3.21. The molecular weight excluding hydrogens is 352 g/mol. The predicted octanol–water partition coefficient (Wildman–Crippen LogP) is 4.30. The van der Waals surface area contributed by atoms with Crippen LogP contribution in [0.15, 0.2) is 66.9 Å². The molecule has 0 spiro atoms. The SMILES string of the molecule is CC(C)C[C@@H](NC(=O)COC(=O)c1cccc2cccnc12)c1ccccc1. The van der Waals surface area contributed by atoms with Crippen molar-refractivity contribution in [3.8, 4) is 0 Å². The zero-order chi connectivity index (χ0) is 19.9. The van der Waals surface area contributed by atoms with Crippen molar-refractivity contribution in [1.29, 1.82) is 0 Å². The van der Waals surface area contributed by atoms with Gasteiger partial charge in [-0.25, -0.2) is 4.79 Å². The molecular formula is C23H24N2O3. The lowest BCUT2D eigenvalue weighted by Crippen LogP contribution is -2.33. The molecule has 0 saturated carbocycles. The smallest absolute Gasteiger partial charge is 0.340 e. The molecule has 1 N–H and O–H groups in total. The molecule has 0 aliphatic carbocycles. The molecule has 0 radical (unpaired) electrons. The first-order chi connectivity index (χ1) is 13.5. The van der Waals surface area contributed by atoms with Gasteiger partial charge in [-0.3, -0.25) is 9.78 Å². The number of ether oxygens (including phenoxy) is 1. The molecule has 3 aromatic rings. The van der Waals surface area contributed by atoms with Gasteiger partial charge < -0.3 is 10.1 Å². The van der Waals surface area contributed by atoms with Gasteiger partial charge in [0.25, 0.3) is 5.91 Å². The molecule has 28 heavy (non-hydrogen) atoms. The van der Waals surface area contributed by atoms with Crippen LogP contribution in [0.25, 0.3) is 10.9 Å². The summed E-state index contributed by atoms with van der Waals surface area (Å²) in [5.41, 5.74) is 1.96. The van der Waals surface area contributed by atoms with Crippen LogP contribution in [0.5, 0.6) is 0 Å². The fourth-order valence-corrected chi connectivity index (χ4v) is 3.15. The van der Waals surface area contributed by atoms with E-state index in [2.05, 4.69) is 24.1 Å². The topological polar surface area (TPSA) is 68.3 Å². The third kappa shape index (κ3) is 4.94. The van der Waals surface area contributed by atoms with Crippen molar-refractivity contribution in [3.05, 3.63) is 78.0 Å². The van der Waals surface area contributed by atoms with Gasteiger partial charge in [-0.05, 0) is 30.0 Å². The number of hydrogen-bond donors (Lipinski definition) is 1. The molecule has 0 fully saturated rings. The van der Waals surface area contributed by atoms with Crippen LogP contribution in [0.2, 0.25) is 0 Å². The van der Waals surface area contributed by atoms with Gasteiger partial charge in [0.15, 0.2) is 6.61 Å². The minimum absolute atomic E-state index is 0.119. The summed E-state index contributed by atoms with van der Waals surface area (Å²) in [6, 6.07) is 18.7. The van der Waals surface area contributed by atoms with Gasteiger partial charge in [0, 0.05) is 11.6 Å². The van der Waals surface area contributed by atoms with E-state index in [4.69, 9.17) is 4.74 Å². The Labute approximate surface area is 164 Å². The van der Waals surface area contributed by atoms with Crippen LogP contribution in [0.4, 0.5) is 0 Å². The number of nitrogens with one attached hydrogen (secondary N) is 1. The number of carbonyl (C=O) groups is 2. The van der Waals surface area contributed by atoms with E-state index in [9.17, 15) is 9.59 Å². The number of nitrogens with zero attached hydrogens (tertiary/aromatic N) is 1. The fraction of sp³-hybridized carbons (Fsp3) is 0.261. The van der Waals surface area contributed by atoms with Gasteiger partial charge in [-0.1, -0.05) is 62.4 Å². The second-order valence-corrected chi connectivity index (χ2v) is 7.12. The van der Waals surface area contributed by atoms with Crippen molar-refractivity contribution in [2.24, 2.45) is 5.92 Å². The van der Waals surface area contributed by atoms with E-state index in [0.29, 0.717) is 17.0 Å². The summed E-state index contributed by atoms with van der Waals surface area (Å²) in [6.07, 6.45) is 2.43. The first-order valence-corrected chi connectivity index (χ1v) is 9.39. The molecule has 5 heteroatoms. The molecule has 1 aromatic heterocycles. The molecule has 1 atom stereocenters. The average molecular weight is 376 g/mol. The van der Waals surface area contributed by atoms with Crippen molar-refractivity contribution >= 4 is 22.8 Å². The zero-order valence-electron chi connectivity index (χ0n) is 16.1. The summed E-state index contributed by atoms with van der Waals surface area (Å²) in [7, 11) is 0. The van der Waals surface area contributed by atoms with E-state index in [-0.39, 0.29) is 18.6 Å². The van der Waals surface area contributed by atoms with Crippen molar-refractivity contribution in [2.75, 3.05) is 6.61 Å². The molecule has 1 heterocycles. The number of benzene rings is 2. The van der Waals surface area contributed by atoms with E-state index in [1.165, 1.54) is 0 Å². The third-order valence-corrected chi connectivity index (χ3v) is 4.43.